The Labute approximate surface area is 122 Å². The van der Waals surface area contributed by atoms with E-state index in [-0.39, 0.29) is 11.4 Å². The molecule has 0 radical (unpaired) electrons. The van der Waals surface area contributed by atoms with Crippen LogP contribution in [0.15, 0.2) is 36.4 Å². The van der Waals surface area contributed by atoms with E-state index in [1.165, 1.54) is 18.2 Å². The quantitative estimate of drug-likeness (QED) is 0.516. The van der Waals surface area contributed by atoms with Gasteiger partial charge in [0, 0.05) is 17.8 Å². The summed E-state index contributed by atoms with van der Waals surface area (Å²) in [6.45, 7) is 2.04. The van der Waals surface area contributed by atoms with E-state index >= 15 is 0 Å². The monoisotopic (exact) mass is 288 g/mol. The van der Waals surface area contributed by atoms with Gasteiger partial charge in [-0.1, -0.05) is 13.0 Å². The number of nitro groups is 1. The van der Waals surface area contributed by atoms with Gasteiger partial charge in [0.25, 0.3) is 5.69 Å². The van der Waals surface area contributed by atoms with Gasteiger partial charge in [-0.05, 0) is 24.1 Å². The molecule has 0 aromatic heterocycles. The van der Waals surface area contributed by atoms with E-state index < -0.39 is 4.92 Å². The molecule has 0 unspecified atom stereocenters. The highest BCUT2D eigenvalue weighted by molar-refractivity contribution is 5.55. The number of nitrogen functional groups attached to an aromatic ring is 1. The zero-order valence-electron chi connectivity index (χ0n) is 11.8. The number of rotatable bonds is 5. The average Bonchev–Trinajstić information content (AvgIpc) is 2.47. The van der Waals surface area contributed by atoms with E-state index in [4.69, 9.17) is 15.2 Å². The molecule has 6 heteroatoms. The van der Waals surface area contributed by atoms with Crippen molar-refractivity contribution in [1.82, 2.24) is 0 Å². The van der Waals surface area contributed by atoms with Crippen molar-refractivity contribution in [2.45, 2.75) is 13.3 Å². The molecule has 0 amide bonds. The minimum atomic E-state index is -0.513. The highest BCUT2D eigenvalue weighted by Crippen LogP contribution is 2.34. The molecule has 0 saturated carbocycles. The number of nitrogens with zero attached hydrogens (tertiary/aromatic N) is 1. The van der Waals surface area contributed by atoms with Gasteiger partial charge in [-0.25, -0.2) is 0 Å². The molecule has 21 heavy (non-hydrogen) atoms. The van der Waals surface area contributed by atoms with Crippen molar-refractivity contribution in [1.29, 1.82) is 0 Å². The second-order valence-corrected chi connectivity index (χ2v) is 4.46. The molecule has 0 bridgehead atoms. The third-order valence-corrected chi connectivity index (χ3v) is 2.99. The molecule has 6 nitrogen and oxygen atoms in total. The lowest BCUT2D eigenvalue weighted by Crippen LogP contribution is -1.95. The predicted octanol–water partition coefficient (Wildman–Crippen LogP) is 3.54. The van der Waals surface area contributed by atoms with Crippen LogP contribution in [0.2, 0.25) is 0 Å². The van der Waals surface area contributed by atoms with Gasteiger partial charge in [0.15, 0.2) is 11.5 Å². The molecule has 0 aliphatic carbocycles. The normalized spacial score (nSPS) is 10.2. The van der Waals surface area contributed by atoms with Crippen molar-refractivity contribution in [2.75, 3.05) is 12.8 Å². The molecule has 110 valence electrons. The van der Waals surface area contributed by atoms with Crippen molar-refractivity contribution in [2.24, 2.45) is 0 Å². The van der Waals surface area contributed by atoms with Crippen LogP contribution in [0.25, 0.3) is 0 Å². The summed E-state index contributed by atoms with van der Waals surface area (Å²) in [5.41, 5.74) is 6.91. The molecule has 2 aromatic carbocycles. The second-order valence-electron chi connectivity index (χ2n) is 4.46. The summed E-state index contributed by atoms with van der Waals surface area (Å²) in [4.78, 5) is 10.3. The fraction of sp³-hybridized carbons (Fsp3) is 0.200. The first kappa shape index (κ1) is 14.6. The third-order valence-electron chi connectivity index (χ3n) is 2.99. The van der Waals surface area contributed by atoms with E-state index in [1.54, 1.807) is 13.2 Å². The van der Waals surface area contributed by atoms with Gasteiger partial charge in [-0.15, -0.1) is 0 Å². The summed E-state index contributed by atoms with van der Waals surface area (Å²) >= 11 is 0. The third kappa shape index (κ3) is 3.42. The van der Waals surface area contributed by atoms with E-state index in [9.17, 15) is 10.1 Å². The van der Waals surface area contributed by atoms with E-state index in [1.807, 2.05) is 19.1 Å². The number of nitrogens with two attached hydrogens (primary N) is 1. The summed E-state index contributed by atoms with van der Waals surface area (Å²) in [5, 5.41) is 10.8. The zero-order valence-corrected chi connectivity index (χ0v) is 11.8. The molecule has 0 fully saturated rings. The number of hydrogen-bond acceptors (Lipinski definition) is 5. The van der Waals surface area contributed by atoms with Crippen LogP contribution in [-0.2, 0) is 6.42 Å². The second kappa shape index (κ2) is 6.13. The van der Waals surface area contributed by atoms with Crippen molar-refractivity contribution < 1.29 is 14.4 Å². The highest BCUT2D eigenvalue weighted by Gasteiger charge is 2.12. The van der Waals surface area contributed by atoms with E-state index in [0.717, 1.165) is 12.0 Å². The number of hydrogen-bond donors (Lipinski definition) is 1. The molecule has 0 heterocycles. The Morgan fingerprint density at radius 2 is 1.95 bits per heavy atom. The average molecular weight is 288 g/mol. The Hall–Kier alpha value is -2.76. The minimum absolute atomic E-state index is 0.117. The number of nitro benzene ring substituents is 1. The topological polar surface area (TPSA) is 87.6 Å². The summed E-state index contributed by atoms with van der Waals surface area (Å²) < 4.78 is 10.9. The van der Waals surface area contributed by atoms with Crippen molar-refractivity contribution in [3.8, 4) is 17.2 Å². The maximum absolute atomic E-state index is 10.8. The Morgan fingerprint density at radius 1 is 1.19 bits per heavy atom. The summed E-state index contributed by atoms with van der Waals surface area (Å²) in [7, 11) is 1.55. The van der Waals surface area contributed by atoms with Crippen LogP contribution in [0.1, 0.15) is 12.5 Å². The molecule has 2 aromatic rings. The van der Waals surface area contributed by atoms with Crippen LogP contribution in [-0.4, -0.2) is 12.0 Å². The van der Waals surface area contributed by atoms with Gasteiger partial charge < -0.3 is 15.2 Å². The largest absolute Gasteiger partial charge is 0.493 e. The maximum atomic E-state index is 10.8. The number of methoxy groups -OCH3 is 1. The fourth-order valence-electron chi connectivity index (χ4n) is 1.91. The Morgan fingerprint density at radius 3 is 2.57 bits per heavy atom. The molecule has 0 aliphatic rings. The van der Waals surface area contributed by atoms with Crippen molar-refractivity contribution in [3.63, 3.8) is 0 Å². The number of anilines is 1. The van der Waals surface area contributed by atoms with Gasteiger partial charge in [0.2, 0.25) is 0 Å². The molecule has 0 saturated heterocycles. The first-order chi connectivity index (χ1) is 10.0. The molecule has 0 atom stereocenters. The fourth-order valence-corrected chi connectivity index (χ4v) is 1.91. The first-order valence-corrected chi connectivity index (χ1v) is 6.43. The summed E-state index contributed by atoms with van der Waals surface area (Å²) in [6.07, 6.45) is 0.875. The number of benzene rings is 2. The number of ether oxygens (including phenoxy) is 2. The maximum Gasteiger partial charge on any atom is 0.275 e. The summed E-state index contributed by atoms with van der Waals surface area (Å²) in [5.74, 6) is 1.35. The molecule has 0 spiro atoms. The van der Waals surface area contributed by atoms with Crippen LogP contribution in [0.3, 0.4) is 0 Å². The van der Waals surface area contributed by atoms with Crippen LogP contribution >= 0.6 is 0 Å². The SMILES string of the molecule is CCc1ccc(Oc2cc(N)cc([N+](=O)[O-])c2)c(OC)c1. The lowest BCUT2D eigenvalue weighted by atomic mass is 10.1. The van der Waals surface area contributed by atoms with Gasteiger partial charge >= 0.3 is 0 Å². The highest BCUT2D eigenvalue weighted by atomic mass is 16.6. The minimum Gasteiger partial charge on any atom is -0.493 e. The van der Waals surface area contributed by atoms with E-state index in [2.05, 4.69) is 0 Å². The van der Waals surface area contributed by atoms with Gasteiger partial charge in [0.05, 0.1) is 18.1 Å². The van der Waals surface area contributed by atoms with Gasteiger partial charge in [-0.3, -0.25) is 10.1 Å². The Bertz CT molecular complexity index is 671. The van der Waals surface area contributed by atoms with E-state index in [0.29, 0.717) is 17.2 Å². The molecular formula is C15H16N2O4. The molecule has 2 rings (SSSR count). The molecular weight excluding hydrogens is 272 g/mol. The standard InChI is InChI=1S/C15H16N2O4/c1-3-10-4-5-14(15(6-10)20-2)21-13-8-11(16)7-12(9-13)17(18)19/h4-9H,3,16H2,1-2H3. The first-order valence-electron chi connectivity index (χ1n) is 6.43. The summed E-state index contributed by atoms with van der Waals surface area (Å²) in [6, 6.07) is 9.69. The zero-order chi connectivity index (χ0) is 15.4. The number of aryl methyl sites for hydroxylation is 1. The predicted molar refractivity (Wildman–Crippen MR) is 80.0 cm³/mol. The smallest absolute Gasteiger partial charge is 0.275 e. The van der Waals surface area contributed by atoms with Crippen LogP contribution in [0.4, 0.5) is 11.4 Å². The van der Waals surface area contributed by atoms with Gasteiger partial charge in [0.1, 0.15) is 5.75 Å². The Kier molecular flexibility index (Phi) is 4.27. The molecule has 0 aliphatic heterocycles. The van der Waals surface area contributed by atoms with Crippen molar-refractivity contribution in [3.05, 3.63) is 52.1 Å². The van der Waals surface area contributed by atoms with Crippen LogP contribution in [0, 0.1) is 10.1 Å². The number of non-ortho nitro benzene ring substituents is 1. The Balaban J connectivity index is 2.35. The van der Waals surface area contributed by atoms with Gasteiger partial charge in [-0.2, -0.15) is 0 Å². The lowest BCUT2D eigenvalue weighted by Gasteiger charge is -2.12. The van der Waals surface area contributed by atoms with Crippen LogP contribution < -0.4 is 15.2 Å². The lowest BCUT2D eigenvalue weighted by molar-refractivity contribution is -0.384. The molecule has 2 N–H and O–H groups in total. The van der Waals surface area contributed by atoms with Crippen molar-refractivity contribution >= 4 is 11.4 Å². The van der Waals surface area contributed by atoms with Crippen LogP contribution in [0.5, 0.6) is 17.2 Å².